The Labute approximate surface area is 218 Å². The lowest BCUT2D eigenvalue weighted by atomic mass is 10.1. The van der Waals surface area contributed by atoms with Crippen LogP contribution in [0.2, 0.25) is 0 Å². The van der Waals surface area contributed by atoms with E-state index in [2.05, 4.69) is 0 Å². The van der Waals surface area contributed by atoms with E-state index in [0.717, 1.165) is 15.7 Å². The van der Waals surface area contributed by atoms with Crippen LogP contribution in [0.25, 0.3) is 0 Å². The molecule has 3 aromatic rings. The summed E-state index contributed by atoms with van der Waals surface area (Å²) in [6.45, 7) is 3.63. The van der Waals surface area contributed by atoms with Gasteiger partial charge in [-0.05, 0) is 38.1 Å². The van der Waals surface area contributed by atoms with Gasteiger partial charge in [0.15, 0.2) is 0 Å². The van der Waals surface area contributed by atoms with Crippen LogP contribution in [0.15, 0.2) is 70.4 Å². The number of hydrogen-bond donors (Lipinski definition) is 0. The Morgan fingerprint density at radius 3 is 2.18 bits per heavy atom. The number of carbonyl (C=O) groups excluding carboxylic acids is 2. The van der Waals surface area contributed by atoms with Gasteiger partial charge in [0.05, 0.1) is 23.6 Å². The Bertz CT molecular complexity index is 1470. The van der Waals surface area contributed by atoms with Gasteiger partial charge in [0, 0.05) is 25.2 Å². The number of esters is 2. The number of carbonyl (C=O) groups is 2. The van der Waals surface area contributed by atoms with E-state index in [1.165, 1.54) is 16.8 Å². The van der Waals surface area contributed by atoms with Crippen LogP contribution in [0.3, 0.4) is 0 Å². The van der Waals surface area contributed by atoms with E-state index >= 15 is 0 Å². The molecule has 2 aromatic carbocycles. The first kappa shape index (κ1) is 26.6. The van der Waals surface area contributed by atoms with Crippen LogP contribution in [0, 0.1) is 25.2 Å². The Hall–Kier alpha value is -4.49. The molecule has 38 heavy (non-hydrogen) atoms. The lowest BCUT2D eigenvalue weighted by Crippen LogP contribution is -2.41. The fourth-order valence-electron chi connectivity index (χ4n) is 4.09. The lowest BCUT2D eigenvalue weighted by Gasteiger charge is -2.19. The largest absolute Gasteiger partial charge is 0.459 e. The molecule has 1 aromatic heterocycles. The first-order chi connectivity index (χ1) is 18.3. The molecule has 196 valence electrons. The maximum absolute atomic E-state index is 13.0. The highest BCUT2D eigenvalue weighted by atomic mass is 16.6. The summed E-state index contributed by atoms with van der Waals surface area (Å²) in [4.78, 5) is 51.1. The van der Waals surface area contributed by atoms with Crippen LogP contribution in [-0.4, -0.2) is 39.9 Å². The third kappa shape index (κ3) is 6.07. The molecule has 0 radical (unpaired) electrons. The van der Waals surface area contributed by atoms with Crippen molar-refractivity contribution in [2.45, 2.75) is 51.7 Å². The van der Waals surface area contributed by atoms with Crippen molar-refractivity contribution in [1.82, 2.24) is 9.13 Å². The van der Waals surface area contributed by atoms with Crippen molar-refractivity contribution in [3.63, 3.8) is 0 Å². The van der Waals surface area contributed by atoms with Gasteiger partial charge in [0.2, 0.25) is 0 Å². The van der Waals surface area contributed by atoms with Crippen molar-refractivity contribution in [3.05, 3.63) is 104 Å². The van der Waals surface area contributed by atoms with Crippen LogP contribution in [-0.2, 0) is 20.8 Å². The molecule has 1 fully saturated rings. The number of hydrogen-bond acceptors (Lipinski definition) is 8. The predicted molar refractivity (Wildman–Crippen MR) is 136 cm³/mol. The van der Waals surface area contributed by atoms with Crippen molar-refractivity contribution >= 4 is 11.9 Å². The first-order valence-electron chi connectivity index (χ1n) is 12.1. The summed E-state index contributed by atoms with van der Waals surface area (Å²) in [6.07, 6.45) is -1.51. The quantitative estimate of drug-likeness (QED) is 0.417. The van der Waals surface area contributed by atoms with Crippen LogP contribution < -0.4 is 11.2 Å². The van der Waals surface area contributed by atoms with Crippen molar-refractivity contribution in [2.24, 2.45) is 0 Å². The SMILES string of the molecule is Cc1ccc(C(=O)OC[C@H]2OC(n3c(=O)ccn(CCC#N)c3=O)C[C@@H]2OC(=O)c2ccc(C)cc2)cc1. The maximum atomic E-state index is 13.0. The molecule has 1 aliphatic rings. The summed E-state index contributed by atoms with van der Waals surface area (Å²) in [6, 6.07) is 16.8. The zero-order valence-electron chi connectivity index (χ0n) is 21.0. The summed E-state index contributed by atoms with van der Waals surface area (Å²) < 4.78 is 19.3. The highest BCUT2D eigenvalue weighted by Crippen LogP contribution is 2.30. The minimum absolute atomic E-state index is 0.0121. The third-order valence-corrected chi connectivity index (χ3v) is 6.23. The Kier molecular flexibility index (Phi) is 8.19. The average molecular weight is 518 g/mol. The summed E-state index contributed by atoms with van der Waals surface area (Å²) >= 11 is 0. The van der Waals surface area contributed by atoms with Gasteiger partial charge in [0.25, 0.3) is 5.56 Å². The smallest absolute Gasteiger partial charge is 0.338 e. The predicted octanol–water partition coefficient (Wildman–Crippen LogP) is 2.91. The monoisotopic (exact) mass is 517 g/mol. The van der Waals surface area contributed by atoms with Gasteiger partial charge in [-0.3, -0.25) is 9.36 Å². The summed E-state index contributed by atoms with van der Waals surface area (Å²) in [5.41, 5.74) is 1.37. The minimum Gasteiger partial charge on any atom is -0.459 e. The zero-order valence-corrected chi connectivity index (χ0v) is 21.0. The third-order valence-electron chi connectivity index (χ3n) is 6.23. The zero-order chi connectivity index (χ0) is 27.2. The Balaban J connectivity index is 1.57. The molecule has 0 bridgehead atoms. The van der Waals surface area contributed by atoms with E-state index in [-0.39, 0.29) is 26.0 Å². The molecule has 1 aliphatic heterocycles. The molecule has 0 saturated carbocycles. The second-order valence-electron chi connectivity index (χ2n) is 9.05. The molecule has 0 N–H and O–H groups in total. The molecule has 1 saturated heterocycles. The standard InChI is InChI=1S/C28H27N3O7/c1-18-4-8-20(9-5-18)26(33)36-17-23-22(38-27(34)21-10-6-19(2)7-11-21)16-25(37-23)31-24(32)12-15-30(28(31)35)14-3-13-29/h4-12,15,22-23,25H,3,14,16-17H2,1-2H3/t22-,23+,25?/m0/s1. The average Bonchev–Trinajstić information content (AvgIpc) is 3.29. The molecule has 2 heterocycles. The van der Waals surface area contributed by atoms with E-state index in [4.69, 9.17) is 19.5 Å². The van der Waals surface area contributed by atoms with Gasteiger partial charge < -0.3 is 14.2 Å². The van der Waals surface area contributed by atoms with Crippen LogP contribution in [0.4, 0.5) is 0 Å². The van der Waals surface area contributed by atoms with Crippen LogP contribution in [0.5, 0.6) is 0 Å². The topological polar surface area (TPSA) is 130 Å². The summed E-state index contributed by atoms with van der Waals surface area (Å²) in [7, 11) is 0. The number of aryl methyl sites for hydroxylation is 3. The second kappa shape index (κ2) is 11.7. The fraction of sp³-hybridized carbons (Fsp3) is 0.321. The number of aromatic nitrogens is 2. The number of rotatable bonds is 8. The van der Waals surface area contributed by atoms with Gasteiger partial charge in [0.1, 0.15) is 25.0 Å². The highest BCUT2D eigenvalue weighted by molar-refractivity contribution is 5.90. The molecule has 3 atom stereocenters. The Morgan fingerprint density at radius 1 is 0.974 bits per heavy atom. The van der Waals surface area contributed by atoms with Crippen molar-refractivity contribution < 1.29 is 23.8 Å². The summed E-state index contributed by atoms with van der Waals surface area (Å²) in [5, 5.41) is 8.87. The lowest BCUT2D eigenvalue weighted by molar-refractivity contribution is -0.0592. The molecule has 10 nitrogen and oxygen atoms in total. The molecule has 0 spiro atoms. The first-order valence-corrected chi connectivity index (χ1v) is 12.1. The second-order valence-corrected chi connectivity index (χ2v) is 9.05. The molecule has 10 heteroatoms. The Morgan fingerprint density at radius 2 is 1.58 bits per heavy atom. The van der Waals surface area contributed by atoms with Crippen molar-refractivity contribution in [3.8, 4) is 6.07 Å². The van der Waals surface area contributed by atoms with Crippen LogP contribution in [0.1, 0.15) is 50.9 Å². The number of benzene rings is 2. The van der Waals surface area contributed by atoms with E-state index < -0.39 is 41.6 Å². The molecular weight excluding hydrogens is 490 g/mol. The van der Waals surface area contributed by atoms with Gasteiger partial charge in [-0.1, -0.05) is 35.4 Å². The molecule has 0 aliphatic carbocycles. The molecule has 1 unspecified atom stereocenters. The van der Waals surface area contributed by atoms with Gasteiger partial charge in [-0.15, -0.1) is 0 Å². The fourth-order valence-corrected chi connectivity index (χ4v) is 4.09. The van der Waals surface area contributed by atoms with Crippen molar-refractivity contribution in [2.75, 3.05) is 6.61 Å². The molecular formula is C28H27N3O7. The van der Waals surface area contributed by atoms with Crippen LogP contribution >= 0.6 is 0 Å². The van der Waals surface area contributed by atoms with Gasteiger partial charge in [-0.2, -0.15) is 5.26 Å². The van der Waals surface area contributed by atoms with Crippen molar-refractivity contribution in [1.29, 1.82) is 5.26 Å². The highest BCUT2D eigenvalue weighted by Gasteiger charge is 2.41. The van der Waals surface area contributed by atoms with Gasteiger partial charge >= 0.3 is 17.6 Å². The van der Waals surface area contributed by atoms with E-state index in [1.807, 2.05) is 19.9 Å². The van der Waals surface area contributed by atoms with E-state index in [0.29, 0.717) is 11.1 Å². The summed E-state index contributed by atoms with van der Waals surface area (Å²) in [5.74, 6) is -1.20. The number of ether oxygens (including phenoxy) is 3. The molecule has 4 rings (SSSR count). The molecule has 0 amide bonds. The number of nitrogens with zero attached hydrogens (tertiary/aromatic N) is 3. The normalized spacial score (nSPS) is 18.5. The number of nitriles is 1. The maximum Gasteiger partial charge on any atom is 0.338 e. The minimum atomic E-state index is -1.07. The van der Waals surface area contributed by atoms with Gasteiger partial charge in [-0.25, -0.2) is 19.0 Å². The van der Waals surface area contributed by atoms with E-state index in [1.54, 1.807) is 48.5 Å². The van der Waals surface area contributed by atoms with E-state index in [9.17, 15) is 19.2 Å².